The minimum atomic E-state index is 0.329. The van der Waals surface area contributed by atoms with Gasteiger partial charge in [-0.1, -0.05) is 6.92 Å². The van der Waals surface area contributed by atoms with Crippen LogP contribution in [0, 0.1) is 6.92 Å². The number of fused-ring (bicyclic) bond motifs is 1. The van der Waals surface area contributed by atoms with Crippen molar-refractivity contribution in [3.8, 4) is 0 Å². The second kappa shape index (κ2) is 5.43. The van der Waals surface area contributed by atoms with Crippen molar-refractivity contribution in [1.82, 2.24) is 9.97 Å². The molecule has 4 nitrogen and oxygen atoms in total. The van der Waals surface area contributed by atoms with E-state index >= 15 is 0 Å². The largest absolute Gasteiger partial charge is 0.376 e. The highest BCUT2D eigenvalue weighted by molar-refractivity contribution is 7.18. The minimum absolute atomic E-state index is 0.329. The Morgan fingerprint density at radius 2 is 2.37 bits per heavy atom. The lowest BCUT2D eigenvalue weighted by Gasteiger charge is -2.12. The number of hydrogen-bond donors (Lipinski definition) is 1. The first-order chi connectivity index (χ1) is 9.26. The first-order valence-corrected chi connectivity index (χ1v) is 7.70. The number of nitrogens with zero attached hydrogens (tertiary/aromatic N) is 2. The second-order valence-corrected chi connectivity index (χ2v) is 6.17. The van der Waals surface area contributed by atoms with Gasteiger partial charge in [0.2, 0.25) is 0 Å². The van der Waals surface area contributed by atoms with Crippen LogP contribution in [-0.4, -0.2) is 29.2 Å². The summed E-state index contributed by atoms with van der Waals surface area (Å²) in [6.07, 6.45) is 3.50. The fraction of sp³-hybridized carbons (Fsp3) is 0.571. The lowest BCUT2D eigenvalue weighted by atomic mass is 10.2. The fourth-order valence-corrected chi connectivity index (χ4v) is 3.29. The van der Waals surface area contributed by atoms with E-state index in [0.717, 1.165) is 47.9 Å². The molecule has 0 spiro atoms. The van der Waals surface area contributed by atoms with Crippen LogP contribution in [0.2, 0.25) is 0 Å². The van der Waals surface area contributed by atoms with Gasteiger partial charge in [0, 0.05) is 24.4 Å². The third kappa shape index (κ3) is 2.72. The van der Waals surface area contributed by atoms with Crippen LogP contribution in [0.3, 0.4) is 0 Å². The van der Waals surface area contributed by atoms with Crippen LogP contribution >= 0.6 is 11.3 Å². The van der Waals surface area contributed by atoms with Gasteiger partial charge in [0.25, 0.3) is 0 Å². The maximum Gasteiger partial charge on any atom is 0.138 e. The number of rotatable bonds is 4. The van der Waals surface area contributed by atoms with Gasteiger partial charge in [0.05, 0.1) is 11.5 Å². The number of hydrogen-bond acceptors (Lipinski definition) is 5. The Labute approximate surface area is 117 Å². The number of nitrogens with one attached hydrogen (secondary N) is 1. The van der Waals surface area contributed by atoms with Crippen molar-refractivity contribution in [2.75, 3.05) is 18.5 Å². The van der Waals surface area contributed by atoms with Gasteiger partial charge in [-0.25, -0.2) is 9.97 Å². The molecule has 0 saturated carbocycles. The molecule has 0 aromatic carbocycles. The predicted molar refractivity (Wildman–Crippen MR) is 79.0 cm³/mol. The molecule has 19 heavy (non-hydrogen) atoms. The Bertz CT molecular complexity index is 575. The van der Waals surface area contributed by atoms with Crippen molar-refractivity contribution in [2.45, 2.75) is 39.2 Å². The summed E-state index contributed by atoms with van der Waals surface area (Å²) < 4.78 is 5.65. The first kappa shape index (κ1) is 12.8. The molecule has 0 unspecified atom stereocenters. The van der Waals surface area contributed by atoms with Gasteiger partial charge >= 0.3 is 0 Å². The smallest absolute Gasteiger partial charge is 0.138 e. The van der Waals surface area contributed by atoms with Crippen LogP contribution in [0.5, 0.6) is 0 Å². The first-order valence-electron chi connectivity index (χ1n) is 6.89. The zero-order valence-electron chi connectivity index (χ0n) is 11.4. The van der Waals surface area contributed by atoms with Crippen molar-refractivity contribution in [3.05, 3.63) is 16.8 Å². The standard InChI is InChI=1S/C14H19N3OS/c1-3-12-16-13(15-8-10-5-4-6-18-10)11-7-9(2)19-14(11)17-12/h7,10H,3-6,8H2,1-2H3,(H,15,16,17)/t10-/m1/s1. The molecule has 2 aromatic heterocycles. The maximum absolute atomic E-state index is 5.65. The number of thiophene rings is 1. The summed E-state index contributed by atoms with van der Waals surface area (Å²) in [5, 5.41) is 4.58. The van der Waals surface area contributed by atoms with Crippen molar-refractivity contribution >= 4 is 27.4 Å². The zero-order valence-corrected chi connectivity index (χ0v) is 12.2. The Balaban J connectivity index is 1.86. The molecular formula is C14H19N3OS. The van der Waals surface area contributed by atoms with E-state index in [-0.39, 0.29) is 0 Å². The van der Waals surface area contributed by atoms with E-state index in [1.54, 1.807) is 11.3 Å². The number of anilines is 1. The van der Waals surface area contributed by atoms with Crippen LogP contribution in [0.1, 0.15) is 30.5 Å². The Morgan fingerprint density at radius 3 is 3.11 bits per heavy atom. The van der Waals surface area contributed by atoms with Crippen molar-refractivity contribution < 1.29 is 4.74 Å². The molecule has 1 aliphatic rings. The van der Waals surface area contributed by atoms with Gasteiger partial charge in [-0.2, -0.15) is 0 Å². The summed E-state index contributed by atoms with van der Waals surface area (Å²) in [5.41, 5.74) is 0. The molecule has 5 heteroatoms. The van der Waals surface area contributed by atoms with Crippen LogP contribution in [0.15, 0.2) is 6.07 Å². The van der Waals surface area contributed by atoms with Crippen LogP contribution in [-0.2, 0) is 11.2 Å². The van der Waals surface area contributed by atoms with Gasteiger partial charge in [0.1, 0.15) is 16.5 Å². The quantitative estimate of drug-likeness (QED) is 0.932. The van der Waals surface area contributed by atoms with E-state index in [1.165, 1.54) is 11.3 Å². The van der Waals surface area contributed by atoms with E-state index in [2.05, 4.69) is 35.2 Å². The van der Waals surface area contributed by atoms with Crippen LogP contribution in [0.4, 0.5) is 5.82 Å². The topological polar surface area (TPSA) is 47.0 Å². The molecule has 1 aliphatic heterocycles. The number of ether oxygens (including phenoxy) is 1. The average Bonchev–Trinajstić information content (AvgIpc) is 3.03. The van der Waals surface area contributed by atoms with Gasteiger partial charge in [-0.3, -0.25) is 0 Å². The van der Waals surface area contributed by atoms with Crippen molar-refractivity contribution in [1.29, 1.82) is 0 Å². The summed E-state index contributed by atoms with van der Waals surface area (Å²) in [6.45, 7) is 5.93. The molecule has 1 saturated heterocycles. The molecule has 102 valence electrons. The van der Waals surface area contributed by atoms with E-state index in [0.29, 0.717) is 6.10 Å². The van der Waals surface area contributed by atoms with Gasteiger partial charge in [0.15, 0.2) is 0 Å². The summed E-state index contributed by atoms with van der Waals surface area (Å²) >= 11 is 1.73. The molecule has 0 aliphatic carbocycles. The average molecular weight is 277 g/mol. The lowest BCUT2D eigenvalue weighted by molar-refractivity contribution is 0.120. The Kier molecular flexibility index (Phi) is 3.66. The second-order valence-electron chi connectivity index (χ2n) is 4.93. The molecule has 1 N–H and O–H groups in total. The maximum atomic E-state index is 5.65. The van der Waals surface area contributed by atoms with E-state index in [1.807, 2.05) is 0 Å². The minimum Gasteiger partial charge on any atom is -0.376 e. The number of aromatic nitrogens is 2. The van der Waals surface area contributed by atoms with Crippen LogP contribution < -0.4 is 5.32 Å². The van der Waals surface area contributed by atoms with Gasteiger partial charge in [-0.05, 0) is 25.8 Å². The molecule has 0 bridgehead atoms. The number of aryl methyl sites for hydroxylation is 2. The van der Waals surface area contributed by atoms with Gasteiger partial charge < -0.3 is 10.1 Å². The van der Waals surface area contributed by atoms with E-state index in [4.69, 9.17) is 4.74 Å². The lowest BCUT2D eigenvalue weighted by Crippen LogP contribution is -2.19. The summed E-state index contributed by atoms with van der Waals surface area (Å²) in [6, 6.07) is 2.16. The highest BCUT2D eigenvalue weighted by atomic mass is 32.1. The Hall–Kier alpha value is -1.20. The normalized spacial score (nSPS) is 19.2. The Morgan fingerprint density at radius 1 is 1.47 bits per heavy atom. The van der Waals surface area contributed by atoms with E-state index < -0.39 is 0 Å². The summed E-state index contributed by atoms with van der Waals surface area (Å²) in [5.74, 6) is 1.87. The predicted octanol–water partition coefficient (Wildman–Crippen LogP) is 3.15. The monoisotopic (exact) mass is 277 g/mol. The highest BCUT2D eigenvalue weighted by Gasteiger charge is 2.16. The van der Waals surface area contributed by atoms with E-state index in [9.17, 15) is 0 Å². The third-order valence-electron chi connectivity index (χ3n) is 3.40. The van der Waals surface area contributed by atoms with Gasteiger partial charge in [-0.15, -0.1) is 11.3 Å². The molecule has 3 rings (SSSR count). The molecule has 1 fully saturated rings. The third-order valence-corrected chi connectivity index (χ3v) is 4.34. The molecule has 0 amide bonds. The molecule has 1 atom stereocenters. The molecule has 3 heterocycles. The highest BCUT2D eigenvalue weighted by Crippen LogP contribution is 2.28. The van der Waals surface area contributed by atoms with Crippen LogP contribution in [0.25, 0.3) is 10.2 Å². The molecular weight excluding hydrogens is 258 g/mol. The summed E-state index contributed by atoms with van der Waals surface area (Å²) in [4.78, 5) is 11.6. The summed E-state index contributed by atoms with van der Waals surface area (Å²) in [7, 11) is 0. The molecule has 2 aromatic rings. The fourth-order valence-electron chi connectivity index (χ4n) is 2.39. The SMILES string of the molecule is CCc1nc(NC[C@H]2CCCO2)c2cc(C)sc2n1. The zero-order chi connectivity index (χ0) is 13.2. The molecule has 0 radical (unpaired) electrons. The van der Waals surface area contributed by atoms with Crippen molar-refractivity contribution in [3.63, 3.8) is 0 Å². The van der Waals surface area contributed by atoms with Crippen molar-refractivity contribution in [2.24, 2.45) is 0 Å².